The summed E-state index contributed by atoms with van der Waals surface area (Å²) in [7, 11) is 1.75. The number of halogens is 1. The van der Waals surface area contributed by atoms with Gasteiger partial charge in [0.25, 0.3) is 5.91 Å². The maximum Gasteiger partial charge on any atom is 0.309 e. The van der Waals surface area contributed by atoms with Crippen LogP contribution in [0.2, 0.25) is 0 Å². The van der Waals surface area contributed by atoms with Crippen molar-refractivity contribution in [1.29, 1.82) is 0 Å². The molecule has 176 valence electrons. The molecule has 2 fully saturated rings. The number of benzene rings is 1. The number of carbonyl (C=O) groups is 3. The normalized spacial score (nSPS) is 17.3. The van der Waals surface area contributed by atoms with E-state index in [0.29, 0.717) is 31.8 Å². The quantitative estimate of drug-likeness (QED) is 0.245. The van der Waals surface area contributed by atoms with Crippen molar-refractivity contribution in [1.82, 2.24) is 20.4 Å². The first-order valence-electron chi connectivity index (χ1n) is 10.8. The Balaban J connectivity index is 0.00000363. The molecule has 2 amide bonds. The fraction of sp³-hybridized carbons (Fsp3) is 0.545. The Morgan fingerprint density at radius 1 is 1.16 bits per heavy atom. The lowest BCUT2D eigenvalue weighted by Crippen LogP contribution is -2.49. The molecule has 1 aromatic carbocycles. The van der Waals surface area contributed by atoms with E-state index in [1.54, 1.807) is 24.1 Å². The molecule has 0 bridgehead atoms. The third-order valence-corrected chi connectivity index (χ3v) is 5.60. The number of esters is 1. The second kappa shape index (κ2) is 12.6. The van der Waals surface area contributed by atoms with Gasteiger partial charge in [-0.25, -0.2) is 0 Å². The van der Waals surface area contributed by atoms with E-state index in [1.165, 1.54) is 0 Å². The van der Waals surface area contributed by atoms with Crippen LogP contribution in [0.15, 0.2) is 29.3 Å². The van der Waals surface area contributed by atoms with Crippen LogP contribution in [0.5, 0.6) is 0 Å². The van der Waals surface area contributed by atoms with Crippen LogP contribution in [-0.2, 0) is 20.9 Å². The Hall–Kier alpha value is -2.37. The second-order valence-corrected chi connectivity index (χ2v) is 7.69. The highest BCUT2D eigenvalue weighted by Crippen LogP contribution is 2.19. The number of piperazine rings is 1. The number of hydrogen-bond donors (Lipinski definition) is 2. The third-order valence-electron chi connectivity index (χ3n) is 5.60. The molecule has 2 aliphatic heterocycles. The largest absolute Gasteiger partial charge is 0.466 e. The molecule has 0 saturated carbocycles. The van der Waals surface area contributed by atoms with Crippen molar-refractivity contribution in [3.8, 4) is 0 Å². The minimum atomic E-state index is -0.130. The van der Waals surface area contributed by atoms with Gasteiger partial charge in [-0.3, -0.25) is 19.4 Å². The van der Waals surface area contributed by atoms with Crippen LogP contribution in [0, 0.1) is 5.92 Å². The summed E-state index contributed by atoms with van der Waals surface area (Å²) in [5.74, 6) is 0.393. The first-order valence-corrected chi connectivity index (χ1v) is 10.8. The van der Waals surface area contributed by atoms with Crippen molar-refractivity contribution in [2.24, 2.45) is 10.9 Å². The predicted octanol–water partition coefficient (Wildman–Crippen LogP) is 1.23. The van der Waals surface area contributed by atoms with Crippen LogP contribution in [0.3, 0.4) is 0 Å². The van der Waals surface area contributed by atoms with Crippen LogP contribution in [0.1, 0.15) is 35.7 Å². The summed E-state index contributed by atoms with van der Waals surface area (Å²) in [6.07, 6.45) is 1.51. The lowest BCUT2D eigenvalue weighted by Gasteiger charge is -2.33. The molecule has 2 N–H and O–H groups in total. The van der Waals surface area contributed by atoms with Gasteiger partial charge in [-0.15, -0.1) is 24.0 Å². The second-order valence-electron chi connectivity index (χ2n) is 7.69. The minimum Gasteiger partial charge on any atom is -0.466 e. The molecule has 0 radical (unpaired) electrons. The fourth-order valence-electron chi connectivity index (χ4n) is 3.86. The molecule has 0 spiro atoms. The maximum absolute atomic E-state index is 12.6. The van der Waals surface area contributed by atoms with Gasteiger partial charge >= 0.3 is 5.97 Å². The van der Waals surface area contributed by atoms with Crippen molar-refractivity contribution in [2.75, 3.05) is 46.4 Å². The Labute approximate surface area is 206 Å². The van der Waals surface area contributed by atoms with Crippen molar-refractivity contribution in [3.05, 3.63) is 35.4 Å². The third kappa shape index (κ3) is 6.81. The van der Waals surface area contributed by atoms with Crippen LogP contribution in [0.4, 0.5) is 0 Å². The Morgan fingerprint density at radius 2 is 1.84 bits per heavy atom. The summed E-state index contributed by atoms with van der Waals surface area (Å²) in [4.78, 5) is 44.1. The number of ether oxygens (including phenoxy) is 1. The molecule has 2 saturated heterocycles. The zero-order chi connectivity index (χ0) is 22.2. The molecular weight excluding hydrogens is 525 g/mol. The number of aliphatic imine (C=N–C) groups is 1. The van der Waals surface area contributed by atoms with Crippen LogP contribution < -0.4 is 10.6 Å². The maximum atomic E-state index is 12.6. The first-order chi connectivity index (χ1) is 15.0. The van der Waals surface area contributed by atoms with Gasteiger partial charge in [0.2, 0.25) is 5.91 Å². The number of hydrogen-bond acceptors (Lipinski definition) is 5. The van der Waals surface area contributed by atoms with Gasteiger partial charge in [0.15, 0.2) is 5.96 Å². The predicted molar refractivity (Wildman–Crippen MR) is 132 cm³/mol. The zero-order valence-corrected chi connectivity index (χ0v) is 21.0. The van der Waals surface area contributed by atoms with Gasteiger partial charge in [0.1, 0.15) is 0 Å². The zero-order valence-electron chi connectivity index (χ0n) is 18.6. The van der Waals surface area contributed by atoms with Crippen molar-refractivity contribution in [3.63, 3.8) is 0 Å². The Morgan fingerprint density at radius 3 is 2.44 bits per heavy atom. The van der Waals surface area contributed by atoms with E-state index in [-0.39, 0.29) is 54.2 Å². The monoisotopic (exact) mass is 557 g/mol. The topological polar surface area (TPSA) is 103 Å². The van der Waals surface area contributed by atoms with Crippen molar-refractivity contribution in [2.45, 2.75) is 26.3 Å². The van der Waals surface area contributed by atoms with E-state index in [0.717, 1.165) is 37.5 Å². The SMILES string of the molecule is CCOC(=O)C1CCN(C(=NC)NCc2ccc(C(=O)N3CCNC(=O)C3)cc2)CC1.I. The number of piperidine rings is 1. The van der Waals surface area contributed by atoms with Crippen LogP contribution in [-0.4, -0.2) is 79.9 Å². The average Bonchev–Trinajstić information content (AvgIpc) is 2.80. The van der Waals surface area contributed by atoms with E-state index in [4.69, 9.17) is 4.74 Å². The molecule has 32 heavy (non-hydrogen) atoms. The Kier molecular flexibility index (Phi) is 10.2. The molecule has 0 aliphatic carbocycles. The summed E-state index contributed by atoms with van der Waals surface area (Å²) in [6, 6.07) is 7.40. The van der Waals surface area contributed by atoms with Crippen LogP contribution >= 0.6 is 24.0 Å². The highest BCUT2D eigenvalue weighted by molar-refractivity contribution is 14.0. The molecular formula is C22H32IN5O4. The van der Waals surface area contributed by atoms with Gasteiger partial charge in [-0.1, -0.05) is 12.1 Å². The molecule has 1 aromatic rings. The number of nitrogens with one attached hydrogen (secondary N) is 2. The summed E-state index contributed by atoms with van der Waals surface area (Å²) in [6.45, 7) is 5.43. The molecule has 0 unspecified atom stereocenters. The molecule has 0 aromatic heterocycles. The van der Waals surface area contributed by atoms with E-state index < -0.39 is 0 Å². The molecule has 3 rings (SSSR count). The molecule has 0 atom stereocenters. The molecule has 10 heteroatoms. The number of rotatable bonds is 5. The molecule has 9 nitrogen and oxygen atoms in total. The molecule has 2 heterocycles. The summed E-state index contributed by atoms with van der Waals surface area (Å²) in [5.41, 5.74) is 1.60. The fourth-order valence-corrected chi connectivity index (χ4v) is 3.86. The summed E-state index contributed by atoms with van der Waals surface area (Å²) in [5, 5.41) is 6.08. The van der Waals surface area contributed by atoms with E-state index in [9.17, 15) is 14.4 Å². The van der Waals surface area contributed by atoms with Gasteiger partial charge in [-0.2, -0.15) is 0 Å². The minimum absolute atomic E-state index is 0. The summed E-state index contributed by atoms with van der Waals surface area (Å²) < 4.78 is 5.13. The smallest absolute Gasteiger partial charge is 0.309 e. The van der Waals surface area contributed by atoms with Gasteiger partial charge < -0.3 is 25.2 Å². The van der Waals surface area contributed by atoms with Gasteiger partial charge in [-0.05, 0) is 37.5 Å². The number of likely N-dealkylation sites (tertiary alicyclic amines) is 1. The standard InChI is InChI=1S/C22H31N5O4.HI/c1-3-31-21(30)18-8-11-26(12-9-18)22(23-2)25-14-16-4-6-17(7-5-16)20(29)27-13-10-24-19(28)15-27;/h4-7,18H,3,8-15H2,1-2H3,(H,23,25)(H,24,28);1H. The average molecular weight is 557 g/mol. The van der Waals surface area contributed by atoms with Crippen molar-refractivity contribution >= 4 is 47.7 Å². The lowest BCUT2D eigenvalue weighted by molar-refractivity contribution is -0.149. The number of guanidine groups is 1. The Bertz CT molecular complexity index is 822. The number of carbonyl (C=O) groups excluding carboxylic acids is 3. The van der Waals surface area contributed by atoms with Crippen molar-refractivity contribution < 1.29 is 19.1 Å². The highest BCUT2D eigenvalue weighted by Gasteiger charge is 2.27. The number of amides is 2. The van der Waals surface area contributed by atoms with Gasteiger partial charge in [0.05, 0.1) is 19.1 Å². The van der Waals surface area contributed by atoms with Gasteiger partial charge in [0, 0.05) is 45.3 Å². The molecule has 2 aliphatic rings. The number of nitrogens with zero attached hydrogens (tertiary/aromatic N) is 3. The van der Waals surface area contributed by atoms with E-state index in [2.05, 4.69) is 20.5 Å². The van der Waals surface area contributed by atoms with E-state index in [1.807, 2.05) is 19.1 Å². The van der Waals surface area contributed by atoms with E-state index >= 15 is 0 Å². The highest BCUT2D eigenvalue weighted by atomic mass is 127. The summed E-state index contributed by atoms with van der Waals surface area (Å²) >= 11 is 0. The lowest BCUT2D eigenvalue weighted by atomic mass is 9.97. The first kappa shape index (κ1) is 25.9. The van der Waals surface area contributed by atoms with Crippen LogP contribution in [0.25, 0.3) is 0 Å².